The summed E-state index contributed by atoms with van der Waals surface area (Å²) in [6, 6.07) is 4.88. The first-order valence-corrected chi connectivity index (χ1v) is 7.80. The SMILES string of the molecule is CNC(Cc1cc(Br)cc2c1OCC2)CC(C)(C)C. The highest BCUT2D eigenvalue weighted by atomic mass is 79.9. The number of ether oxygens (including phenoxy) is 1. The van der Waals surface area contributed by atoms with E-state index in [1.165, 1.54) is 11.1 Å². The predicted molar refractivity (Wildman–Crippen MR) is 84.0 cm³/mol. The van der Waals surface area contributed by atoms with Gasteiger partial charge in [0.1, 0.15) is 5.75 Å². The Labute approximate surface area is 125 Å². The zero-order valence-electron chi connectivity index (χ0n) is 12.3. The lowest BCUT2D eigenvalue weighted by atomic mass is 9.85. The van der Waals surface area contributed by atoms with Crippen molar-refractivity contribution in [3.05, 3.63) is 27.7 Å². The topological polar surface area (TPSA) is 21.3 Å². The van der Waals surface area contributed by atoms with E-state index in [1.54, 1.807) is 0 Å². The van der Waals surface area contributed by atoms with E-state index in [4.69, 9.17) is 4.74 Å². The molecule has 1 N–H and O–H groups in total. The zero-order chi connectivity index (χ0) is 14.0. The molecule has 19 heavy (non-hydrogen) atoms. The van der Waals surface area contributed by atoms with Crippen LogP contribution < -0.4 is 10.1 Å². The van der Waals surface area contributed by atoms with Gasteiger partial charge in [-0.25, -0.2) is 0 Å². The molecule has 106 valence electrons. The van der Waals surface area contributed by atoms with Crippen molar-refractivity contribution in [1.82, 2.24) is 5.32 Å². The molecule has 0 aromatic heterocycles. The second-order valence-electron chi connectivity index (χ2n) is 6.61. The van der Waals surface area contributed by atoms with Gasteiger partial charge in [-0.3, -0.25) is 0 Å². The van der Waals surface area contributed by atoms with Crippen molar-refractivity contribution < 1.29 is 4.74 Å². The van der Waals surface area contributed by atoms with Gasteiger partial charge in [0.15, 0.2) is 0 Å². The number of rotatable bonds is 4. The van der Waals surface area contributed by atoms with Crippen LogP contribution in [0.5, 0.6) is 5.75 Å². The first-order valence-electron chi connectivity index (χ1n) is 7.00. The third kappa shape index (κ3) is 3.96. The molecule has 1 aromatic rings. The first-order chi connectivity index (χ1) is 8.89. The van der Waals surface area contributed by atoms with Crippen LogP contribution in [0.3, 0.4) is 0 Å². The van der Waals surface area contributed by atoms with E-state index in [9.17, 15) is 0 Å². The van der Waals surface area contributed by atoms with Crippen LogP contribution in [0.2, 0.25) is 0 Å². The van der Waals surface area contributed by atoms with Crippen LogP contribution in [0.1, 0.15) is 38.3 Å². The fourth-order valence-corrected chi connectivity index (χ4v) is 3.33. The molecule has 0 fully saturated rings. The summed E-state index contributed by atoms with van der Waals surface area (Å²) in [5.41, 5.74) is 3.00. The summed E-state index contributed by atoms with van der Waals surface area (Å²) in [4.78, 5) is 0. The summed E-state index contributed by atoms with van der Waals surface area (Å²) in [6.07, 6.45) is 3.21. The summed E-state index contributed by atoms with van der Waals surface area (Å²) < 4.78 is 6.98. The van der Waals surface area contributed by atoms with Crippen LogP contribution in [-0.4, -0.2) is 19.7 Å². The molecule has 0 saturated carbocycles. The van der Waals surface area contributed by atoms with E-state index in [0.717, 1.165) is 36.1 Å². The maximum Gasteiger partial charge on any atom is 0.125 e. The van der Waals surface area contributed by atoms with Gasteiger partial charge in [0.05, 0.1) is 6.61 Å². The molecule has 0 aliphatic carbocycles. The van der Waals surface area contributed by atoms with Crippen molar-refractivity contribution in [1.29, 1.82) is 0 Å². The first kappa shape index (κ1) is 14.9. The minimum atomic E-state index is 0.337. The minimum absolute atomic E-state index is 0.337. The average Bonchev–Trinajstić information content (AvgIpc) is 2.74. The van der Waals surface area contributed by atoms with Crippen molar-refractivity contribution in [2.24, 2.45) is 5.41 Å². The molecular weight excluding hydrogens is 302 g/mol. The second-order valence-corrected chi connectivity index (χ2v) is 7.52. The third-order valence-corrected chi connectivity index (χ3v) is 4.02. The minimum Gasteiger partial charge on any atom is -0.493 e. The Morgan fingerprint density at radius 1 is 1.37 bits per heavy atom. The maximum absolute atomic E-state index is 5.81. The Hall–Kier alpha value is -0.540. The van der Waals surface area contributed by atoms with Crippen LogP contribution >= 0.6 is 15.9 Å². The lowest BCUT2D eigenvalue weighted by molar-refractivity contribution is 0.311. The monoisotopic (exact) mass is 325 g/mol. The van der Waals surface area contributed by atoms with Gasteiger partial charge in [0, 0.05) is 16.9 Å². The molecule has 3 heteroatoms. The van der Waals surface area contributed by atoms with E-state index in [1.807, 2.05) is 0 Å². The fraction of sp³-hybridized carbons (Fsp3) is 0.625. The number of fused-ring (bicyclic) bond motifs is 1. The predicted octanol–water partition coefficient (Wildman–Crippen LogP) is 3.95. The van der Waals surface area contributed by atoms with E-state index in [0.29, 0.717) is 11.5 Å². The van der Waals surface area contributed by atoms with E-state index in [-0.39, 0.29) is 0 Å². The van der Waals surface area contributed by atoms with Gasteiger partial charge >= 0.3 is 0 Å². The van der Waals surface area contributed by atoms with E-state index >= 15 is 0 Å². The lowest BCUT2D eigenvalue weighted by Crippen LogP contribution is -2.32. The highest BCUT2D eigenvalue weighted by molar-refractivity contribution is 9.10. The van der Waals surface area contributed by atoms with Crippen molar-refractivity contribution in [3.8, 4) is 5.75 Å². The highest BCUT2D eigenvalue weighted by Crippen LogP contribution is 2.34. The standard InChI is InChI=1S/C16H24BrNO/c1-16(2,3)10-14(18-4)9-12-8-13(17)7-11-5-6-19-15(11)12/h7-8,14,18H,5-6,9-10H2,1-4H3. The number of halogens is 1. The summed E-state index contributed by atoms with van der Waals surface area (Å²) in [7, 11) is 2.05. The van der Waals surface area contributed by atoms with Gasteiger partial charge in [-0.15, -0.1) is 0 Å². The Morgan fingerprint density at radius 3 is 2.74 bits per heavy atom. The van der Waals surface area contributed by atoms with Gasteiger partial charge in [-0.05, 0) is 48.6 Å². The van der Waals surface area contributed by atoms with Gasteiger partial charge in [0.2, 0.25) is 0 Å². The lowest BCUT2D eigenvalue weighted by Gasteiger charge is -2.26. The molecule has 1 heterocycles. The molecule has 2 rings (SSSR count). The quantitative estimate of drug-likeness (QED) is 0.904. The molecule has 0 bridgehead atoms. The Kier molecular flexibility index (Phi) is 4.57. The van der Waals surface area contributed by atoms with Crippen molar-refractivity contribution in [2.75, 3.05) is 13.7 Å². The van der Waals surface area contributed by atoms with E-state index in [2.05, 4.69) is 61.2 Å². The van der Waals surface area contributed by atoms with Crippen LogP contribution in [0, 0.1) is 5.41 Å². The summed E-state index contributed by atoms with van der Waals surface area (Å²) in [5, 5.41) is 3.45. The van der Waals surface area contributed by atoms with Crippen LogP contribution in [-0.2, 0) is 12.8 Å². The highest BCUT2D eigenvalue weighted by Gasteiger charge is 2.22. The molecule has 0 amide bonds. The number of likely N-dealkylation sites (N-methyl/N-ethyl adjacent to an activating group) is 1. The maximum atomic E-state index is 5.81. The van der Waals surface area contributed by atoms with Gasteiger partial charge in [-0.2, -0.15) is 0 Å². The number of hydrogen-bond acceptors (Lipinski definition) is 2. The Bertz CT molecular complexity index is 451. The van der Waals surface area contributed by atoms with Gasteiger partial charge in [-0.1, -0.05) is 36.7 Å². The second kappa shape index (κ2) is 5.84. The number of hydrogen-bond donors (Lipinski definition) is 1. The molecule has 1 aliphatic heterocycles. The Balaban J connectivity index is 2.18. The van der Waals surface area contributed by atoms with Gasteiger partial charge < -0.3 is 10.1 Å². The smallest absolute Gasteiger partial charge is 0.125 e. The van der Waals surface area contributed by atoms with Crippen molar-refractivity contribution in [2.45, 2.75) is 46.1 Å². The van der Waals surface area contributed by atoms with E-state index < -0.39 is 0 Å². The zero-order valence-corrected chi connectivity index (χ0v) is 13.9. The van der Waals surface area contributed by atoms with Crippen LogP contribution in [0.25, 0.3) is 0 Å². The van der Waals surface area contributed by atoms with Crippen molar-refractivity contribution in [3.63, 3.8) is 0 Å². The molecule has 2 nitrogen and oxygen atoms in total. The fourth-order valence-electron chi connectivity index (χ4n) is 2.78. The number of nitrogens with one attached hydrogen (secondary N) is 1. The normalized spacial score (nSPS) is 16.1. The summed E-state index contributed by atoms with van der Waals surface area (Å²) in [6.45, 7) is 7.69. The molecule has 0 spiro atoms. The van der Waals surface area contributed by atoms with Gasteiger partial charge in [0.25, 0.3) is 0 Å². The van der Waals surface area contributed by atoms with Crippen LogP contribution in [0.15, 0.2) is 16.6 Å². The molecular formula is C16H24BrNO. The third-order valence-electron chi connectivity index (χ3n) is 3.56. The summed E-state index contributed by atoms with van der Waals surface area (Å²) >= 11 is 3.61. The average molecular weight is 326 g/mol. The molecule has 1 unspecified atom stereocenters. The summed E-state index contributed by atoms with van der Waals surface area (Å²) in [5.74, 6) is 1.12. The van der Waals surface area contributed by atoms with Crippen LogP contribution in [0.4, 0.5) is 0 Å². The van der Waals surface area contributed by atoms with Crippen molar-refractivity contribution >= 4 is 15.9 Å². The largest absolute Gasteiger partial charge is 0.493 e. The number of benzene rings is 1. The molecule has 1 aliphatic rings. The molecule has 0 radical (unpaired) electrons. The molecule has 1 aromatic carbocycles. The molecule has 0 saturated heterocycles. The Morgan fingerprint density at radius 2 is 2.11 bits per heavy atom. The molecule has 1 atom stereocenters.